The number of amides is 1. The number of phenolic OH excluding ortho intramolecular Hbond substituents is 1. The van der Waals surface area contributed by atoms with Gasteiger partial charge in [-0.05, 0) is 48.5 Å². The molecule has 6 heteroatoms. The number of carbonyl (C=O) groups excluding carboxylic acids is 1. The second kappa shape index (κ2) is 8.43. The number of nitrogens with one attached hydrogen (secondary N) is 1. The smallest absolute Gasteiger partial charge is 0.267 e. The molecule has 3 aromatic rings. The molecule has 1 amide bonds. The zero-order valence-corrected chi connectivity index (χ0v) is 14.9. The third kappa shape index (κ3) is 4.29. The maximum atomic E-state index is 12.6. The van der Waals surface area contributed by atoms with Gasteiger partial charge in [0.1, 0.15) is 17.4 Å². The molecule has 6 nitrogen and oxygen atoms in total. The third-order valence-electron chi connectivity index (χ3n) is 3.98. The van der Waals surface area contributed by atoms with E-state index < -0.39 is 5.91 Å². The van der Waals surface area contributed by atoms with Crippen LogP contribution in [0.5, 0.6) is 5.75 Å². The zero-order valence-electron chi connectivity index (χ0n) is 14.9. The Balaban J connectivity index is 1.97. The molecule has 4 N–H and O–H groups in total. The van der Waals surface area contributed by atoms with Crippen molar-refractivity contribution in [3.05, 3.63) is 90.6 Å². The predicted octanol–water partition coefficient (Wildman–Crippen LogP) is 4.16. The van der Waals surface area contributed by atoms with Gasteiger partial charge in [0.2, 0.25) is 0 Å². The summed E-state index contributed by atoms with van der Waals surface area (Å²) >= 11 is 0. The minimum atomic E-state index is -0.625. The van der Waals surface area contributed by atoms with Crippen LogP contribution in [0.4, 0.5) is 22.7 Å². The Morgan fingerprint density at radius 2 is 1.57 bits per heavy atom. The van der Waals surface area contributed by atoms with E-state index in [4.69, 9.17) is 5.73 Å². The standard InChI is InChI=1S/C22H18N4O2/c23-14-16(22(28)25-20-8-4-5-9-21(20)27)15-26(18-6-2-1-3-7-18)19-12-10-17(24)11-13-19/h1-13,15,27H,24H2,(H,25,28)/b16-15-. The molecule has 0 aliphatic carbocycles. The predicted molar refractivity (Wildman–Crippen MR) is 110 cm³/mol. The number of phenols is 1. The molecule has 0 aromatic heterocycles. The van der Waals surface area contributed by atoms with Crippen LogP contribution in [0, 0.1) is 11.3 Å². The van der Waals surface area contributed by atoms with Gasteiger partial charge in [-0.1, -0.05) is 30.3 Å². The highest BCUT2D eigenvalue weighted by atomic mass is 16.3. The Morgan fingerprint density at radius 3 is 2.21 bits per heavy atom. The summed E-state index contributed by atoms with van der Waals surface area (Å²) in [6.45, 7) is 0. The normalized spacial score (nSPS) is 10.8. The van der Waals surface area contributed by atoms with Gasteiger partial charge in [0.25, 0.3) is 5.91 Å². The highest BCUT2D eigenvalue weighted by molar-refractivity contribution is 6.07. The van der Waals surface area contributed by atoms with Gasteiger partial charge in [0.15, 0.2) is 0 Å². The van der Waals surface area contributed by atoms with Gasteiger partial charge in [-0.3, -0.25) is 4.79 Å². The molecular formula is C22H18N4O2. The van der Waals surface area contributed by atoms with Crippen molar-refractivity contribution >= 4 is 28.7 Å². The Kier molecular flexibility index (Phi) is 5.58. The Bertz CT molecular complexity index is 1040. The van der Waals surface area contributed by atoms with Crippen LogP contribution in [-0.2, 0) is 4.79 Å². The lowest BCUT2D eigenvalue weighted by molar-refractivity contribution is -0.112. The van der Waals surface area contributed by atoms with E-state index in [0.717, 1.165) is 11.4 Å². The number of nitrogens with zero attached hydrogens (tertiary/aromatic N) is 2. The van der Waals surface area contributed by atoms with Crippen molar-refractivity contribution in [3.63, 3.8) is 0 Å². The van der Waals surface area contributed by atoms with Crippen molar-refractivity contribution in [1.82, 2.24) is 0 Å². The molecule has 0 unspecified atom stereocenters. The molecule has 138 valence electrons. The van der Waals surface area contributed by atoms with Gasteiger partial charge in [-0.25, -0.2) is 0 Å². The first-order chi connectivity index (χ1) is 13.6. The van der Waals surface area contributed by atoms with E-state index in [-0.39, 0.29) is 17.0 Å². The molecule has 0 atom stereocenters. The maximum absolute atomic E-state index is 12.6. The number of hydrogen-bond acceptors (Lipinski definition) is 5. The second-order valence-corrected chi connectivity index (χ2v) is 5.92. The average molecular weight is 370 g/mol. The van der Waals surface area contributed by atoms with Crippen LogP contribution < -0.4 is 16.0 Å². The summed E-state index contributed by atoms with van der Waals surface area (Å²) in [4.78, 5) is 14.3. The second-order valence-electron chi connectivity index (χ2n) is 5.92. The van der Waals surface area contributed by atoms with Gasteiger partial charge in [-0.2, -0.15) is 5.26 Å². The van der Waals surface area contributed by atoms with Crippen LogP contribution in [0.1, 0.15) is 0 Å². The zero-order chi connectivity index (χ0) is 19.9. The number of nitrogen functional groups attached to an aromatic ring is 1. The SMILES string of the molecule is N#C/C(=C/N(c1ccccc1)c1ccc(N)cc1)C(=O)Nc1ccccc1O. The fraction of sp³-hybridized carbons (Fsp3) is 0. The Hall–Kier alpha value is -4.24. The van der Waals surface area contributed by atoms with E-state index >= 15 is 0 Å². The van der Waals surface area contributed by atoms with Crippen LogP contribution in [0.3, 0.4) is 0 Å². The van der Waals surface area contributed by atoms with Gasteiger partial charge in [0, 0.05) is 23.3 Å². The summed E-state index contributed by atoms with van der Waals surface area (Å²) in [6.07, 6.45) is 1.45. The molecule has 0 bridgehead atoms. The molecular weight excluding hydrogens is 352 g/mol. The van der Waals surface area contributed by atoms with Gasteiger partial charge >= 0.3 is 0 Å². The van der Waals surface area contributed by atoms with Crippen LogP contribution >= 0.6 is 0 Å². The number of rotatable bonds is 5. The Labute approximate surface area is 162 Å². The number of anilines is 4. The number of nitriles is 1. The lowest BCUT2D eigenvalue weighted by atomic mass is 10.2. The van der Waals surface area contributed by atoms with Crippen molar-refractivity contribution in [2.24, 2.45) is 0 Å². The number of carbonyl (C=O) groups is 1. The summed E-state index contributed by atoms with van der Waals surface area (Å²) in [6, 6.07) is 24.7. The Morgan fingerprint density at radius 1 is 0.964 bits per heavy atom. The molecule has 0 saturated heterocycles. The summed E-state index contributed by atoms with van der Waals surface area (Å²) in [7, 11) is 0. The number of hydrogen-bond donors (Lipinski definition) is 3. The summed E-state index contributed by atoms with van der Waals surface area (Å²) in [5, 5.41) is 21.9. The topological polar surface area (TPSA) is 102 Å². The summed E-state index contributed by atoms with van der Waals surface area (Å²) < 4.78 is 0. The van der Waals surface area contributed by atoms with Crippen molar-refractivity contribution in [2.45, 2.75) is 0 Å². The van der Waals surface area contributed by atoms with Crippen LogP contribution in [0.15, 0.2) is 90.6 Å². The van der Waals surface area contributed by atoms with Gasteiger partial charge < -0.3 is 21.1 Å². The lowest BCUT2D eigenvalue weighted by Crippen LogP contribution is -2.18. The van der Waals surface area contributed by atoms with Crippen molar-refractivity contribution < 1.29 is 9.90 Å². The number of benzene rings is 3. The number of aromatic hydroxyl groups is 1. The molecule has 0 aliphatic rings. The van der Waals surface area contributed by atoms with E-state index in [1.165, 1.54) is 12.3 Å². The van der Waals surface area contributed by atoms with E-state index in [2.05, 4.69) is 5.32 Å². The van der Waals surface area contributed by atoms with Crippen LogP contribution in [-0.4, -0.2) is 11.0 Å². The summed E-state index contributed by atoms with van der Waals surface area (Å²) in [5.74, 6) is -0.702. The van der Waals surface area contributed by atoms with Crippen LogP contribution in [0.25, 0.3) is 0 Å². The molecule has 0 fully saturated rings. The van der Waals surface area contributed by atoms with Gasteiger partial charge in [-0.15, -0.1) is 0 Å². The molecule has 0 heterocycles. The first-order valence-corrected chi connectivity index (χ1v) is 8.49. The highest BCUT2D eigenvalue weighted by Crippen LogP contribution is 2.28. The third-order valence-corrected chi connectivity index (χ3v) is 3.98. The van der Waals surface area contributed by atoms with E-state index in [1.807, 2.05) is 36.4 Å². The molecule has 0 saturated carbocycles. The largest absolute Gasteiger partial charge is 0.506 e. The van der Waals surface area contributed by atoms with E-state index in [9.17, 15) is 15.2 Å². The highest BCUT2D eigenvalue weighted by Gasteiger charge is 2.15. The summed E-state index contributed by atoms with van der Waals surface area (Å²) in [5.41, 5.74) is 8.00. The molecule has 3 aromatic carbocycles. The molecule has 28 heavy (non-hydrogen) atoms. The van der Waals surface area contributed by atoms with Crippen molar-refractivity contribution in [2.75, 3.05) is 16.0 Å². The number of nitrogens with two attached hydrogens (primary N) is 1. The molecule has 0 aliphatic heterocycles. The van der Waals surface area contributed by atoms with Crippen molar-refractivity contribution in [3.8, 4) is 11.8 Å². The minimum absolute atomic E-state index is 0.0772. The average Bonchev–Trinajstić information content (AvgIpc) is 2.72. The quantitative estimate of drug-likeness (QED) is 0.271. The monoisotopic (exact) mass is 370 g/mol. The van der Waals surface area contributed by atoms with Crippen LogP contribution in [0.2, 0.25) is 0 Å². The fourth-order valence-corrected chi connectivity index (χ4v) is 2.56. The molecule has 0 radical (unpaired) electrons. The first-order valence-electron chi connectivity index (χ1n) is 8.49. The van der Waals surface area contributed by atoms with E-state index in [1.54, 1.807) is 47.4 Å². The first kappa shape index (κ1) is 18.5. The van der Waals surface area contributed by atoms with E-state index in [0.29, 0.717) is 5.69 Å². The maximum Gasteiger partial charge on any atom is 0.267 e. The minimum Gasteiger partial charge on any atom is -0.506 e. The fourth-order valence-electron chi connectivity index (χ4n) is 2.56. The van der Waals surface area contributed by atoms with Gasteiger partial charge in [0.05, 0.1) is 5.69 Å². The lowest BCUT2D eigenvalue weighted by Gasteiger charge is -2.21. The molecule has 3 rings (SSSR count). The number of para-hydroxylation sites is 3. The van der Waals surface area contributed by atoms with Crippen molar-refractivity contribution in [1.29, 1.82) is 5.26 Å². The molecule has 0 spiro atoms.